The molecule has 4 rings (SSSR count). The number of rotatable bonds is 10. The summed E-state index contributed by atoms with van der Waals surface area (Å²) >= 11 is 1.61. The predicted octanol–water partition coefficient (Wildman–Crippen LogP) is 4.18. The second-order valence-electron chi connectivity index (χ2n) is 8.98. The molecule has 2 aromatic rings. The second kappa shape index (κ2) is 11.6. The smallest absolute Gasteiger partial charge is 0.243 e. The van der Waals surface area contributed by atoms with Gasteiger partial charge in [-0.1, -0.05) is 55.3 Å². The molecule has 1 saturated carbocycles. The monoisotopic (exact) mass is 480 g/mol. The quantitative estimate of drug-likeness (QED) is 0.517. The highest BCUT2D eigenvalue weighted by atomic mass is 32.2. The fourth-order valence-electron chi connectivity index (χ4n) is 4.85. The number of carbonyl (C=O) groups excluding carboxylic acids is 3. The first-order valence-electron chi connectivity index (χ1n) is 12.0. The van der Waals surface area contributed by atoms with E-state index < -0.39 is 6.04 Å². The molecule has 0 bridgehead atoms. The van der Waals surface area contributed by atoms with E-state index in [4.69, 9.17) is 4.74 Å². The van der Waals surface area contributed by atoms with Gasteiger partial charge in [-0.2, -0.15) is 11.8 Å². The average Bonchev–Trinajstić information content (AvgIpc) is 3.13. The number of nitrogens with one attached hydrogen (secondary N) is 1. The summed E-state index contributed by atoms with van der Waals surface area (Å²) in [6.45, 7) is 0.824. The fraction of sp³-hybridized carbons (Fsp3) is 0.444. The van der Waals surface area contributed by atoms with E-state index in [9.17, 15) is 14.4 Å². The Bertz CT molecular complexity index is 971. The Morgan fingerprint density at radius 3 is 2.26 bits per heavy atom. The van der Waals surface area contributed by atoms with Crippen molar-refractivity contribution in [1.29, 1.82) is 0 Å². The Labute approximate surface area is 205 Å². The van der Waals surface area contributed by atoms with Crippen LogP contribution in [0.3, 0.4) is 0 Å². The zero-order valence-electron chi connectivity index (χ0n) is 19.6. The molecule has 0 unspecified atom stereocenters. The van der Waals surface area contributed by atoms with E-state index in [-0.39, 0.29) is 29.6 Å². The van der Waals surface area contributed by atoms with E-state index in [2.05, 4.69) is 5.32 Å². The summed E-state index contributed by atoms with van der Waals surface area (Å²) in [6.07, 6.45) is 5.88. The van der Waals surface area contributed by atoms with Crippen molar-refractivity contribution in [1.82, 2.24) is 10.2 Å². The van der Waals surface area contributed by atoms with Crippen LogP contribution in [0.4, 0.5) is 0 Å². The molecule has 6 nitrogen and oxygen atoms in total. The van der Waals surface area contributed by atoms with Crippen molar-refractivity contribution in [3.8, 4) is 5.75 Å². The van der Waals surface area contributed by atoms with Crippen LogP contribution in [-0.2, 0) is 27.5 Å². The molecule has 1 saturated heterocycles. The number of carbonyl (C=O) groups is 3. The molecule has 3 atom stereocenters. The summed E-state index contributed by atoms with van der Waals surface area (Å²) in [5.41, 5.74) is 2.03. The van der Waals surface area contributed by atoms with Crippen LogP contribution in [-0.4, -0.2) is 40.7 Å². The van der Waals surface area contributed by atoms with Crippen molar-refractivity contribution in [2.75, 3.05) is 12.0 Å². The van der Waals surface area contributed by atoms with Gasteiger partial charge in [0.25, 0.3) is 0 Å². The zero-order chi connectivity index (χ0) is 23.9. The van der Waals surface area contributed by atoms with E-state index in [1.165, 1.54) is 4.90 Å². The molecule has 0 aromatic heterocycles. The molecule has 0 radical (unpaired) electrons. The minimum absolute atomic E-state index is 0.157. The third-order valence-corrected chi connectivity index (χ3v) is 7.37. The molecule has 1 heterocycles. The van der Waals surface area contributed by atoms with Crippen molar-refractivity contribution < 1.29 is 19.1 Å². The van der Waals surface area contributed by atoms with Crippen LogP contribution in [0.2, 0.25) is 0 Å². The zero-order valence-corrected chi connectivity index (χ0v) is 20.4. The number of nitrogens with zero attached hydrogens (tertiary/aromatic N) is 1. The topological polar surface area (TPSA) is 75.7 Å². The molecule has 1 N–H and O–H groups in total. The van der Waals surface area contributed by atoms with Gasteiger partial charge in [-0.25, -0.2) is 0 Å². The highest BCUT2D eigenvalue weighted by Crippen LogP contribution is 2.39. The molecule has 2 aromatic carbocycles. The Kier molecular flexibility index (Phi) is 8.27. The third kappa shape index (κ3) is 5.63. The lowest BCUT2D eigenvalue weighted by Crippen LogP contribution is -2.50. The summed E-state index contributed by atoms with van der Waals surface area (Å²) in [5, 5.41) is 2.95. The van der Waals surface area contributed by atoms with Gasteiger partial charge in [0.05, 0.1) is 11.8 Å². The lowest BCUT2D eigenvalue weighted by atomic mass is 9.81. The van der Waals surface area contributed by atoms with E-state index in [1.54, 1.807) is 11.8 Å². The average molecular weight is 481 g/mol. The van der Waals surface area contributed by atoms with Crippen LogP contribution in [0.25, 0.3) is 0 Å². The molecule has 1 aliphatic carbocycles. The second-order valence-corrected chi connectivity index (χ2v) is 9.96. The minimum Gasteiger partial charge on any atom is -0.489 e. The number of imide groups is 1. The molecule has 1 aliphatic heterocycles. The van der Waals surface area contributed by atoms with E-state index in [1.807, 2.05) is 60.9 Å². The normalized spacial score (nSPS) is 20.7. The van der Waals surface area contributed by atoms with Gasteiger partial charge in [-0.15, -0.1) is 0 Å². The molecule has 34 heavy (non-hydrogen) atoms. The molecule has 3 amide bonds. The maximum Gasteiger partial charge on any atom is 0.243 e. The predicted molar refractivity (Wildman–Crippen MR) is 133 cm³/mol. The molecule has 2 aliphatic rings. The fourth-order valence-corrected chi connectivity index (χ4v) is 5.31. The summed E-state index contributed by atoms with van der Waals surface area (Å²) in [4.78, 5) is 40.5. The van der Waals surface area contributed by atoms with E-state index >= 15 is 0 Å². The number of benzene rings is 2. The number of hydrogen-bond donors (Lipinski definition) is 1. The molecular formula is C27H32N2O4S. The highest BCUT2D eigenvalue weighted by molar-refractivity contribution is 7.98. The van der Waals surface area contributed by atoms with Gasteiger partial charge in [0, 0.05) is 6.54 Å². The number of fused-ring (bicyclic) bond motifs is 1. The lowest BCUT2D eigenvalue weighted by Gasteiger charge is -2.26. The van der Waals surface area contributed by atoms with E-state index in [0.29, 0.717) is 25.3 Å². The third-order valence-electron chi connectivity index (χ3n) is 6.72. The van der Waals surface area contributed by atoms with Crippen molar-refractivity contribution in [2.45, 2.75) is 51.3 Å². The van der Waals surface area contributed by atoms with Crippen molar-refractivity contribution >= 4 is 29.5 Å². The summed E-state index contributed by atoms with van der Waals surface area (Å²) in [7, 11) is 0. The SMILES string of the molecule is CSCC[C@@H](C(=O)NCc1ccc(OCc2ccccc2)cc1)N1C(=O)[C@H]2CCCC[C@H]2C1=O. The maximum absolute atomic E-state index is 13.1. The van der Waals surface area contributed by atoms with Gasteiger partial charge < -0.3 is 10.1 Å². The first kappa shape index (κ1) is 24.3. The first-order valence-corrected chi connectivity index (χ1v) is 13.4. The van der Waals surface area contributed by atoms with Gasteiger partial charge in [0.15, 0.2) is 0 Å². The number of amides is 3. The summed E-state index contributed by atoms with van der Waals surface area (Å²) in [6, 6.07) is 16.8. The van der Waals surface area contributed by atoms with Gasteiger partial charge in [-0.3, -0.25) is 19.3 Å². The van der Waals surface area contributed by atoms with Crippen LogP contribution >= 0.6 is 11.8 Å². The van der Waals surface area contributed by atoms with Gasteiger partial charge in [0.2, 0.25) is 17.7 Å². The molecule has 2 fully saturated rings. The lowest BCUT2D eigenvalue weighted by molar-refractivity contribution is -0.148. The standard InChI is InChI=1S/C27H32N2O4S/c1-34-16-15-24(29-26(31)22-9-5-6-10-23(22)27(29)32)25(30)28-17-19-11-13-21(14-12-19)33-18-20-7-3-2-4-8-20/h2-4,7-8,11-14,22-24H,5-6,9-10,15-18H2,1H3,(H,28,30)/t22-,23+,24-/m0/s1. The number of likely N-dealkylation sites (tertiary alicyclic amines) is 1. The van der Waals surface area contributed by atoms with Crippen LogP contribution < -0.4 is 10.1 Å². The molecule has 180 valence electrons. The van der Waals surface area contributed by atoms with E-state index in [0.717, 1.165) is 42.6 Å². The first-order chi connectivity index (χ1) is 16.6. The Morgan fingerprint density at radius 2 is 1.65 bits per heavy atom. The van der Waals surface area contributed by atoms with Crippen molar-refractivity contribution in [3.63, 3.8) is 0 Å². The van der Waals surface area contributed by atoms with Crippen LogP contribution in [0.1, 0.15) is 43.2 Å². The Morgan fingerprint density at radius 1 is 1.00 bits per heavy atom. The summed E-state index contributed by atoms with van der Waals surface area (Å²) in [5.74, 6) is 0.402. The van der Waals surface area contributed by atoms with Gasteiger partial charge in [0.1, 0.15) is 18.4 Å². The molecule has 7 heteroatoms. The summed E-state index contributed by atoms with van der Waals surface area (Å²) < 4.78 is 5.82. The Hall–Kier alpha value is -2.80. The maximum atomic E-state index is 13.1. The highest BCUT2D eigenvalue weighted by Gasteiger charge is 2.51. The van der Waals surface area contributed by atoms with Crippen molar-refractivity contribution in [3.05, 3.63) is 65.7 Å². The van der Waals surface area contributed by atoms with Gasteiger partial charge in [-0.05, 0) is 54.5 Å². The van der Waals surface area contributed by atoms with Crippen LogP contribution in [0.15, 0.2) is 54.6 Å². The Balaban J connectivity index is 1.35. The minimum atomic E-state index is -0.744. The van der Waals surface area contributed by atoms with Gasteiger partial charge >= 0.3 is 0 Å². The number of hydrogen-bond acceptors (Lipinski definition) is 5. The van der Waals surface area contributed by atoms with Crippen LogP contribution in [0.5, 0.6) is 5.75 Å². The number of ether oxygens (including phenoxy) is 1. The number of thioether (sulfide) groups is 1. The van der Waals surface area contributed by atoms with Crippen molar-refractivity contribution in [2.24, 2.45) is 11.8 Å². The van der Waals surface area contributed by atoms with Crippen LogP contribution in [0, 0.1) is 11.8 Å². The largest absolute Gasteiger partial charge is 0.489 e. The molecule has 0 spiro atoms. The molecular weight excluding hydrogens is 448 g/mol.